The monoisotopic (exact) mass is 487 g/mol. The predicted octanol–water partition coefficient (Wildman–Crippen LogP) is 6.04. The predicted molar refractivity (Wildman–Crippen MR) is 141 cm³/mol. The third-order valence-electron chi connectivity index (χ3n) is 7.29. The molecule has 5 nitrogen and oxygen atoms in total. The molecule has 2 fully saturated rings. The molecule has 0 spiro atoms. The van der Waals surface area contributed by atoms with Crippen LogP contribution in [0.3, 0.4) is 0 Å². The van der Waals surface area contributed by atoms with Crippen molar-refractivity contribution in [1.29, 1.82) is 0 Å². The second-order valence-electron chi connectivity index (χ2n) is 9.98. The molecule has 1 atom stereocenters. The van der Waals surface area contributed by atoms with Crippen LogP contribution in [-0.2, 0) is 0 Å². The van der Waals surface area contributed by atoms with E-state index in [0.29, 0.717) is 30.3 Å². The summed E-state index contributed by atoms with van der Waals surface area (Å²) in [5.74, 6) is 0.420. The van der Waals surface area contributed by atoms with Gasteiger partial charge in [0.2, 0.25) is 0 Å². The van der Waals surface area contributed by atoms with Gasteiger partial charge in [-0.05, 0) is 75.6 Å². The maximum atomic E-state index is 13.9. The van der Waals surface area contributed by atoms with E-state index in [4.69, 9.17) is 4.98 Å². The zero-order chi connectivity index (χ0) is 24.5. The number of aryl methyl sites for hydroxylation is 2. The number of thiazole rings is 1. The fourth-order valence-electron chi connectivity index (χ4n) is 4.89. The Kier molecular flexibility index (Phi) is 6.74. The summed E-state index contributed by atoms with van der Waals surface area (Å²) < 4.78 is 0. The highest BCUT2D eigenvalue weighted by Gasteiger charge is 2.34. The number of hydrogen-bond acceptors (Lipinski definition) is 4. The van der Waals surface area contributed by atoms with E-state index in [1.165, 1.54) is 5.56 Å². The topological polar surface area (TPSA) is 62.3 Å². The number of rotatable bonds is 6. The van der Waals surface area contributed by atoms with Crippen molar-refractivity contribution in [3.05, 3.63) is 75.4 Å². The van der Waals surface area contributed by atoms with Gasteiger partial charge in [-0.1, -0.05) is 42.0 Å². The Morgan fingerprint density at radius 3 is 2.63 bits per heavy atom. The molecule has 2 heterocycles. The number of carbonyl (C=O) groups excluding carboxylic acids is 2. The van der Waals surface area contributed by atoms with Gasteiger partial charge in [0, 0.05) is 30.6 Å². The molecule has 0 radical (unpaired) electrons. The van der Waals surface area contributed by atoms with Gasteiger partial charge in [-0.3, -0.25) is 9.59 Å². The highest BCUT2D eigenvalue weighted by atomic mass is 32.1. The molecule has 5 rings (SSSR count). The zero-order valence-corrected chi connectivity index (χ0v) is 21.6. The van der Waals surface area contributed by atoms with Crippen LogP contribution in [0.25, 0.3) is 10.4 Å². The molecule has 2 aliphatic rings. The van der Waals surface area contributed by atoms with Crippen molar-refractivity contribution in [3.63, 3.8) is 0 Å². The highest BCUT2D eigenvalue weighted by molar-refractivity contribution is 7.15. The Bertz CT molecular complexity index is 1260. The standard InChI is InChI=1S/C29H33N3O2S/c1-18-8-6-10-22(16-18)26-25(31-28(35-26)21-13-14-21)29(34)32-15-5-4-11-23(32)17-30-27(33)24-12-7-9-19(2)20(24)3/h6-10,12,16,21,23H,4-5,11,13-15,17H2,1-3H3,(H,30,33)/t23-/m0/s1. The molecule has 1 aliphatic carbocycles. The lowest BCUT2D eigenvalue weighted by atomic mass is 10.00. The van der Waals surface area contributed by atoms with Gasteiger partial charge in [-0.25, -0.2) is 4.98 Å². The summed E-state index contributed by atoms with van der Waals surface area (Å²) in [4.78, 5) is 34.7. The molecule has 182 valence electrons. The van der Waals surface area contributed by atoms with Gasteiger partial charge in [-0.2, -0.15) is 0 Å². The van der Waals surface area contributed by atoms with E-state index >= 15 is 0 Å². The number of nitrogens with one attached hydrogen (secondary N) is 1. The van der Waals surface area contributed by atoms with Gasteiger partial charge in [-0.15, -0.1) is 11.3 Å². The second-order valence-corrected chi connectivity index (χ2v) is 11.0. The Morgan fingerprint density at radius 1 is 1.06 bits per heavy atom. The van der Waals surface area contributed by atoms with Crippen LogP contribution < -0.4 is 5.32 Å². The number of nitrogens with zero attached hydrogens (tertiary/aromatic N) is 2. The number of piperidine rings is 1. The van der Waals surface area contributed by atoms with Crippen molar-refractivity contribution in [1.82, 2.24) is 15.2 Å². The SMILES string of the molecule is Cc1cccc(-c2sc(C3CC3)nc2C(=O)N2CCCC[C@H]2CNC(=O)c2cccc(C)c2C)c1. The van der Waals surface area contributed by atoms with Crippen LogP contribution in [-0.4, -0.2) is 40.8 Å². The maximum Gasteiger partial charge on any atom is 0.274 e. The van der Waals surface area contributed by atoms with Gasteiger partial charge in [0.05, 0.1) is 9.88 Å². The molecular weight excluding hydrogens is 454 g/mol. The van der Waals surface area contributed by atoms with E-state index in [1.54, 1.807) is 11.3 Å². The van der Waals surface area contributed by atoms with Crippen LogP contribution >= 0.6 is 11.3 Å². The summed E-state index contributed by atoms with van der Waals surface area (Å²) >= 11 is 1.68. The lowest BCUT2D eigenvalue weighted by Crippen LogP contribution is -2.49. The summed E-state index contributed by atoms with van der Waals surface area (Å²) in [6, 6.07) is 14.1. The smallest absolute Gasteiger partial charge is 0.274 e. The lowest BCUT2D eigenvalue weighted by molar-refractivity contribution is 0.0598. The first-order chi connectivity index (χ1) is 16.9. The molecule has 1 aliphatic heterocycles. The van der Waals surface area contributed by atoms with Crippen LogP contribution in [0.1, 0.15) is 80.6 Å². The van der Waals surface area contributed by atoms with E-state index in [-0.39, 0.29) is 17.9 Å². The second kappa shape index (κ2) is 9.94. The van der Waals surface area contributed by atoms with Gasteiger partial charge in [0.25, 0.3) is 11.8 Å². The first kappa shape index (κ1) is 23.7. The van der Waals surface area contributed by atoms with Crippen LogP contribution in [0.15, 0.2) is 42.5 Å². The molecule has 0 unspecified atom stereocenters. The minimum Gasteiger partial charge on any atom is -0.350 e. The summed E-state index contributed by atoms with van der Waals surface area (Å²) in [6.45, 7) is 7.23. The van der Waals surface area contributed by atoms with Crippen molar-refractivity contribution in [2.75, 3.05) is 13.1 Å². The van der Waals surface area contributed by atoms with Gasteiger partial charge < -0.3 is 10.2 Å². The first-order valence-electron chi connectivity index (χ1n) is 12.7. The third-order valence-corrected chi connectivity index (χ3v) is 8.56. The van der Waals surface area contributed by atoms with E-state index in [1.807, 2.05) is 43.0 Å². The molecule has 1 saturated carbocycles. The Morgan fingerprint density at radius 2 is 1.86 bits per heavy atom. The quantitative estimate of drug-likeness (QED) is 0.461. The molecule has 1 N–H and O–H groups in total. The average molecular weight is 488 g/mol. The van der Waals surface area contributed by atoms with Gasteiger partial charge in [0.1, 0.15) is 5.69 Å². The third kappa shape index (κ3) is 5.03. The Balaban J connectivity index is 1.38. The van der Waals surface area contributed by atoms with Crippen molar-refractivity contribution in [2.45, 2.75) is 64.8 Å². The summed E-state index contributed by atoms with van der Waals surface area (Å²) in [5, 5.41) is 4.19. The van der Waals surface area contributed by atoms with Crippen molar-refractivity contribution < 1.29 is 9.59 Å². The molecule has 2 aromatic carbocycles. The van der Waals surface area contributed by atoms with Crippen molar-refractivity contribution >= 4 is 23.2 Å². The summed E-state index contributed by atoms with van der Waals surface area (Å²) in [5.41, 5.74) is 5.62. The van der Waals surface area contributed by atoms with Gasteiger partial charge >= 0.3 is 0 Å². The van der Waals surface area contributed by atoms with E-state index in [9.17, 15) is 9.59 Å². The van der Waals surface area contributed by atoms with Gasteiger partial charge in [0.15, 0.2) is 0 Å². The van der Waals surface area contributed by atoms with Crippen molar-refractivity contribution in [2.24, 2.45) is 0 Å². The number of hydrogen-bond donors (Lipinski definition) is 1. The number of benzene rings is 2. The number of aromatic nitrogens is 1. The number of likely N-dealkylation sites (tertiary alicyclic amines) is 1. The van der Waals surface area contributed by atoms with E-state index in [0.717, 1.165) is 58.7 Å². The Labute approximate surface area is 211 Å². The molecule has 0 bridgehead atoms. The van der Waals surface area contributed by atoms with Crippen LogP contribution in [0.4, 0.5) is 0 Å². The number of carbonyl (C=O) groups is 2. The van der Waals surface area contributed by atoms with Crippen LogP contribution in [0.2, 0.25) is 0 Å². The lowest BCUT2D eigenvalue weighted by Gasteiger charge is -2.35. The molecule has 2 amide bonds. The minimum absolute atomic E-state index is 0.00431. The molecule has 35 heavy (non-hydrogen) atoms. The summed E-state index contributed by atoms with van der Waals surface area (Å²) in [6.07, 6.45) is 5.24. The minimum atomic E-state index is -0.0747. The van der Waals surface area contributed by atoms with Crippen LogP contribution in [0.5, 0.6) is 0 Å². The largest absolute Gasteiger partial charge is 0.350 e. The zero-order valence-electron chi connectivity index (χ0n) is 20.8. The van der Waals surface area contributed by atoms with Crippen molar-refractivity contribution in [3.8, 4) is 10.4 Å². The highest BCUT2D eigenvalue weighted by Crippen LogP contribution is 2.45. The Hall–Kier alpha value is -2.99. The molecular formula is C29H33N3O2S. The van der Waals surface area contributed by atoms with E-state index in [2.05, 4.69) is 30.4 Å². The summed E-state index contributed by atoms with van der Waals surface area (Å²) in [7, 11) is 0. The molecule has 3 aromatic rings. The fourth-order valence-corrected chi connectivity index (χ4v) is 6.11. The average Bonchev–Trinajstić information content (AvgIpc) is 3.62. The first-order valence-corrected chi connectivity index (χ1v) is 13.5. The molecule has 1 saturated heterocycles. The van der Waals surface area contributed by atoms with E-state index < -0.39 is 0 Å². The normalized spacial score (nSPS) is 17.9. The maximum absolute atomic E-state index is 13.9. The van der Waals surface area contributed by atoms with Crippen LogP contribution in [0, 0.1) is 20.8 Å². The molecule has 6 heteroatoms. The molecule has 1 aromatic heterocycles. The fraction of sp³-hybridized carbons (Fsp3) is 0.414. The number of amides is 2.